The van der Waals surface area contributed by atoms with Gasteiger partial charge in [0.05, 0.1) is 25.5 Å². The molecule has 11 heteroatoms. The van der Waals surface area contributed by atoms with Crippen molar-refractivity contribution in [1.82, 2.24) is 19.7 Å². The van der Waals surface area contributed by atoms with Gasteiger partial charge in [-0.1, -0.05) is 47.7 Å². The molecule has 2 aromatic carbocycles. The lowest BCUT2D eigenvalue weighted by Gasteiger charge is -2.25. The maximum Gasteiger partial charge on any atom is 0.283 e. The smallest absolute Gasteiger partial charge is 0.283 e. The standard InChI is InChI=1S/C26H25N5O5S/c1-34-21-14-18(7-8-20(21)36-16-17-5-3-2-4-6-17)13-19-24(27)31-26(28-25(19)33)37-22(29-31)15-23(32)30-9-11-35-12-10-30/h2-8,13-15,27,29H,9-12,16H2,1H3/b19-13-,22-15+,27-24?. The first-order valence-electron chi connectivity index (χ1n) is 11.6. The molecule has 0 bridgehead atoms. The molecular formula is C26H25N5O5S. The van der Waals surface area contributed by atoms with Crippen LogP contribution in [0.2, 0.25) is 0 Å². The lowest BCUT2D eigenvalue weighted by Crippen LogP contribution is -2.47. The first kappa shape index (κ1) is 24.5. The van der Waals surface area contributed by atoms with Crippen LogP contribution in [0.3, 0.4) is 0 Å². The number of morpholine rings is 1. The van der Waals surface area contributed by atoms with Crippen LogP contribution in [0.15, 0.2) is 53.3 Å². The van der Waals surface area contributed by atoms with Gasteiger partial charge in [-0.15, -0.1) is 0 Å². The van der Waals surface area contributed by atoms with Gasteiger partial charge in [0, 0.05) is 19.2 Å². The summed E-state index contributed by atoms with van der Waals surface area (Å²) in [4.78, 5) is 31.1. The number of aromatic amines is 1. The summed E-state index contributed by atoms with van der Waals surface area (Å²) in [6.07, 6.45) is 3.04. The van der Waals surface area contributed by atoms with Gasteiger partial charge in [0.1, 0.15) is 11.3 Å². The van der Waals surface area contributed by atoms with Gasteiger partial charge in [-0.25, -0.2) is 4.68 Å². The van der Waals surface area contributed by atoms with Crippen molar-refractivity contribution in [2.75, 3.05) is 33.4 Å². The van der Waals surface area contributed by atoms with E-state index in [1.165, 1.54) is 10.8 Å². The zero-order chi connectivity index (χ0) is 25.8. The van der Waals surface area contributed by atoms with E-state index in [1.54, 1.807) is 36.3 Å². The van der Waals surface area contributed by atoms with Crippen LogP contribution in [0.4, 0.5) is 0 Å². The fourth-order valence-corrected chi connectivity index (χ4v) is 4.74. The third-order valence-electron chi connectivity index (χ3n) is 5.83. The van der Waals surface area contributed by atoms with E-state index in [1.807, 2.05) is 30.3 Å². The Labute approximate surface area is 215 Å². The zero-order valence-electron chi connectivity index (χ0n) is 20.1. The summed E-state index contributed by atoms with van der Waals surface area (Å²) in [5.74, 6) is 0.913. The molecule has 5 rings (SSSR count). The van der Waals surface area contributed by atoms with Crippen molar-refractivity contribution in [3.8, 4) is 16.6 Å². The van der Waals surface area contributed by atoms with E-state index in [0.29, 0.717) is 59.8 Å². The predicted octanol–water partition coefficient (Wildman–Crippen LogP) is 0.595. The Morgan fingerprint density at radius 2 is 1.97 bits per heavy atom. The topological polar surface area (TPSA) is 123 Å². The number of aromatic nitrogens is 3. The highest BCUT2D eigenvalue weighted by molar-refractivity contribution is 7.11. The Morgan fingerprint density at radius 1 is 1.19 bits per heavy atom. The number of hydrogen-bond donors (Lipinski definition) is 2. The van der Waals surface area contributed by atoms with E-state index in [-0.39, 0.29) is 16.6 Å². The van der Waals surface area contributed by atoms with Crippen molar-refractivity contribution < 1.29 is 19.0 Å². The number of nitrogens with one attached hydrogen (secondary N) is 2. The van der Waals surface area contributed by atoms with Crippen molar-refractivity contribution in [2.24, 2.45) is 0 Å². The highest BCUT2D eigenvalue weighted by Crippen LogP contribution is 2.29. The Kier molecular flexibility index (Phi) is 7.15. The summed E-state index contributed by atoms with van der Waals surface area (Å²) in [7, 11) is 1.55. The van der Waals surface area contributed by atoms with Crippen molar-refractivity contribution in [2.45, 2.75) is 6.61 Å². The van der Waals surface area contributed by atoms with Gasteiger partial charge in [-0.05, 0) is 29.3 Å². The summed E-state index contributed by atoms with van der Waals surface area (Å²) < 4.78 is 18.6. The third kappa shape index (κ3) is 5.47. The van der Waals surface area contributed by atoms with Gasteiger partial charge in [-0.3, -0.25) is 20.1 Å². The molecule has 2 N–H and O–H groups in total. The van der Waals surface area contributed by atoms with Crippen molar-refractivity contribution >= 4 is 29.4 Å². The van der Waals surface area contributed by atoms with E-state index in [2.05, 4.69) is 10.1 Å². The second kappa shape index (κ2) is 10.8. The number of ether oxygens (including phenoxy) is 3. The van der Waals surface area contributed by atoms with E-state index < -0.39 is 5.56 Å². The van der Waals surface area contributed by atoms with Crippen LogP contribution in [-0.4, -0.2) is 59.0 Å². The van der Waals surface area contributed by atoms with Crippen LogP contribution in [0, 0.1) is 5.41 Å². The molecule has 1 fully saturated rings. The fraction of sp³-hybridized carbons (Fsp3) is 0.231. The average molecular weight is 520 g/mol. The van der Waals surface area contributed by atoms with Crippen molar-refractivity contribution in [1.29, 1.82) is 5.41 Å². The van der Waals surface area contributed by atoms with Crippen molar-refractivity contribution in [3.63, 3.8) is 0 Å². The van der Waals surface area contributed by atoms with Gasteiger partial charge in [0.2, 0.25) is 11.0 Å². The first-order valence-corrected chi connectivity index (χ1v) is 12.4. The van der Waals surface area contributed by atoms with Crippen LogP contribution < -0.4 is 30.4 Å². The van der Waals surface area contributed by atoms with Crippen LogP contribution in [-0.2, 0) is 16.1 Å². The fourth-order valence-electron chi connectivity index (χ4n) is 3.89. The Morgan fingerprint density at radius 3 is 2.73 bits per heavy atom. The molecule has 3 aliphatic rings. The van der Waals surface area contributed by atoms with Gasteiger partial charge < -0.3 is 19.1 Å². The van der Waals surface area contributed by atoms with E-state index in [9.17, 15) is 9.59 Å². The minimum atomic E-state index is -0.533. The molecule has 1 saturated heterocycles. The number of H-pyrrole nitrogens is 1. The molecule has 0 spiro atoms. The van der Waals surface area contributed by atoms with Crippen LogP contribution in [0.25, 0.3) is 17.3 Å². The summed E-state index contributed by atoms with van der Waals surface area (Å²) in [6.45, 7) is 2.46. The summed E-state index contributed by atoms with van der Waals surface area (Å²) in [6, 6.07) is 15.1. The second-order valence-electron chi connectivity index (χ2n) is 8.29. The number of methoxy groups -OCH3 is 1. The predicted molar refractivity (Wildman–Crippen MR) is 138 cm³/mol. The largest absolute Gasteiger partial charge is 0.493 e. The van der Waals surface area contributed by atoms with Crippen LogP contribution >= 0.6 is 11.3 Å². The Balaban J connectivity index is 1.45. The molecule has 1 amide bonds. The van der Waals surface area contributed by atoms with E-state index in [4.69, 9.17) is 19.6 Å². The molecule has 0 radical (unpaired) electrons. The van der Waals surface area contributed by atoms with Gasteiger partial charge in [-0.2, -0.15) is 4.98 Å². The van der Waals surface area contributed by atoms with Gasteiger partial charge in [0.15, 0.2) is 17.0 Å². The Bertz CT molecular complexity index is 1620. The molecule has 0 aliphatic carbocycles. The normalized spacial score (nSPS) is 14.8. The van der Waals surface area contributed by atoms with E-state index in [0.717, 1.165) is 16.9 Å². The van der Waals surface area contributed by atoms with E-state index >= 15 is 0 Å². The monoisotopic (exact) mass is 519 g/mol. The number of nitrogens with zero attached hydrogens (tertiary/aromatic N) is 3. The number of hydrogen-bond acceptors (Lipinski definition) is 8. The molecule has 0 aromatic heterocycles. The summed E-state index contributed by atoms with van der Waals surface area (Å²) in [5.41, 5.74) is 1.09. The highest BCUT2D eigenvalue weighted by atomic mass is 32.1. The molecule has 0 unspecified atom stereocenters. The maximum absolute atomic E-state index is 12.8. The summed E-state index contributed by atoms with van der Waals surface area (Å²) in [5, 5.41) is 12.0. The molecule has 190 valence electrons. The summed E-state index contributed by atoms with van der Waals surface area (Å²) >= 11 is 1.14. The number of fused-ring (bicyclic) bond motifs is 1. The lowest BCUT2D eigenvalue weighted by molar-refractivity contribution is -0.128. The molecule has 10 nitrogen and oxygen atoms in total. The molecular weight excluding hydrogens is 494 g/mol. The molecule has 0 saturated carbocycles. The number of benzene rings is 2. The number of amides is 1. The molecule has 3 aliphatic heterocycles. The lowest BCUT2D eigenvalue weighted by atomic mass is 10.1. The quantitative estimate of drug-likeness (QED) is 0.385. The molecule has 37 heavy (non-hydrogen) atoms. The van der Waals surface area contributed by atoms with Crippen LogP contribution in [0.1, 0.15) is 11.1 Å². The van der Waals surface area contributed by atoms with Crippen LogP contribution in [0.5, 0.6) is 11.5 Å². The average Bonchev–Trinajstić information content (AvgIpc) is 3.33. The molecule has 0 atom stereocenters. The van der Waals surface area contributed by atoms with Crippen molar-refractivity contribution in [3.05, 3.63) is 85.4 Å². The third-order valence-corrected chi connectivity index (χ3v) is 6.72. The number of rotatable bonds is 6. The maximum atomic E-state index is 12.8. The zero-order valence-corrected chi connectivity index (χ0v) is 20.9. The number of carbonyl (C=O) groups excluding carboxylic acids is 1. The first-order chi connectivity index (χ1) is 18.0. The van der Waals surface area contributed by atoms with Gasteiger partial charge in [0.25, 0.3) is 5.56 Å². The second-order valence-corrected chi connectivity index (χ2v) is 9.30. The highest BCUT2D eigenvalue weighted by Gasteiger charge is 2.16. The number of carbonyl (C=O) groups is 1. The molecule has 2 aromatic rings. The molecule has 3 heterocycles. The van der Waals surface area contributed by atoms with Gasteiger partial charge >= 0.3 is 0 Å². The minimum absolute atomic E-state index is 0.0620. The SMILES string of the molecule is COc1cc(/C=c2\c(=O)nc3s/c(=C/C(=O)N4CCOCC4)[nH]n-3c2=N)ccc1OCc1ccccc1. The minimum Gasteiger partial charge on any atom is -0.493 e. The Hall–Kier alpha value is -4.22.